The number of aromatic nitrogens is 2. The summed E-state index contributed by atoms with van der Waals surface area (Å²) in [5.41, 5.74) is 6.63. The Hall–Kier alpha value is -1.52. The van der Waals surface area contributed by atoms with Crippen molar-refractivity contribution in [3.63, 3.8) is 0 Å². The van der Waals surface area contributed by atoms with Crippen molar-refractivity contribution in [2.24, 2.45) is 5.92 Å². The molecule has 1 heterocycles. The number of anilines is 2. The molecule has 0 spiro atoms. The van der Waals surface area contributed by atoms with Crippen LogP contribution in [0.5, 0.6) is 5.88 Å². The van der Waals surface area contributed by atoms with Gasteiger partial charge in [-0.2, -0.15) is 4.98 Å². The van der Waals surface area contributed by atoms with Crippen molar-refractivity contribution in [1.82, 2.24) is 9.97 Å². The topological polar surface area (TPSA) is 73.1 Å². The molecule has 1 aromatic rings. The molecule has 0 bridgehead atoms. The Morgan fingerprint density at radius 2 is 2.05 bits per heavy atom. The lowest BCUT2D eigenvalue weighted by Crippen LogP contribution is -2.21. The molecule has 0 atom stereocenters. The van der Waals surface area contributed by atoms with E-state index >= 15 is 0 Å². The van der Waals surface area contributed by atoms with Crippen molar-refractivity contribution < 1.29 is 4.74 Å². The van der Waals surface area contributed by atoms with Gasteiger partial charge in [0.05, 0.1) is 0 Å². The lowest BCUT2D eigenvalue weighted by atomic mass is 9.98. The number of hydrogen-bond donors (Lipinski definition) is 2. The molecular weight excluding hydrogens is 252 g/mol. The Morgan fingerprint density at radius 3 is 2.75 bits per heavy atom. The summed E-state index contributed by atoms with van der Waals surface area (Å²) >= 11 is 0. The highest BCUT2D eigenvalue weighted by atomic mass is 16.5. The molecule has 0 unspecified atom stereocenters. The number of nitrogens with one attached hydrogen (secondary N) is 1. The minimum Gasteiger partial charge on any atom is -0.473 e. The second-order valence-electron chi connectivity index (χ2n) is 5.93. The van der Waals surface area contributed by atoms with Crippen LogP contribution in [0.1, 0.15) is 52.4 Å². The van der Waals surface area contributed by atoms with Crippen molar-refractivity contribution in [2.45, 2.75) is 58.5 Å². The third-order valence-electron chi connectivity index (χ3n) is 3.69. The van der Waals surface area contributed by atoms with Crippen molar-refractivity contribution in [1.29, 1.82) is 0 Å². The fraction of sp³-hybridized carbons (Fsp3) is 0.733. The molecule has 0 saturated heterocycles. The summed E-state index contributed by atoms with van der Waals surface area (Å²) in [6.07, 6.45) is 8.82. The number of rotatable bonds is 6. The van der Waals surface area contributed by atoms with Crippen molar-refractivity contribution in [3.8, 4) is 5.88 Å². The maximum atomic E-state index is 6.10. The molecule has 1 aliphatic carbocycles. The zero-order valence-electron chi connectivity index (χ0n) is 12.6. The van der Waals surface area contributed by atoms with Crippen LogP contribution in [-0.4, -0.2) is 22.6 Å². The van der Waals surface area contributed by atoms with Gasteiger partial charge < -0.3 is 15.8 Å². The number of nitrogen functional groups attached to an aromatic ring is 1. The Kier molecular flexibility index (Phi) is 5.44. The Bertz CT molecular complexity index is 416. The van der Waals surface area contributed by atoms with E-state index in [2.05, 4.69) is 29.1 Å². The van der Waals surface area contributed by atoms with E-state index in [1.54, 1.807) is 0 Å². The summed E-state index contributed by atoms with van der Waals surface area (Å²) in [4.78, 5) is 8.38. The fourth-order valence-electron chi connectivity index (χ4n) is 2.43. The second-order valence-corrected chi connectivity index (χ2v) is 5.93. The molecule has 1 aromatic heterocycles. The SMILES string of the molecule is CC(C)CCNc1ncnc(OC2CCCCC2)c1N. The first-order chi connectivity index (χ1) is 9.66. The molecule has 5 nitrogen and oxygen atoms in total. The molecule has 5 heteroatoms. The average molecular weight is 278 g/mol. The summed E-state index contributed by atoms with van der Waals surface area (Å²) in [6, 6.07) is 0. The molecule has 112 valence electrons. The van der Waals surface area contributed by atoms with Gasteiger partial charge in [0.15, 0.2) is 5.82 Å². The van der Waals surface area contributed by atoms with Crippen LogP contribution in [0.4, 0.5) is 11.5 Å². The normalized spacial score (nSPS) is 16.4. The van der Waals surface area contributed by atoms with Gasteiger partial charge in [0, 0.05) is 6.54 Å². The van der Waals surface area contributed by atoms with E-state index in [-0.39, 0.29) is 6.10 Å². The van der Waals surface area contributed by atoms with Gasteiger partial charge >= 0.3 is 0 Å². The lowest BCUT2D eigenvalue weighted by molar-refractivity contribution is 0.149. The van der Waals surface area contributed by atoms with Gasteiger partial charge in [-0.1, -0.05) is 20.3 Å². The van der Waals surface area contributed by atoms with E-state index in [1.807, 2.05) is 0 Å². The summed E-state index contributed by atoms with van der Waals surface area (Å²) in [5, 5.41) is 3.27. The van der Waals surface area contributed by atoms with Gasteiger partial charge in [-0.3, -0.25) is 0 Å². The van der Waals surface area contributed by atoms with E-state index in [0.717, 1.165) is 25.8 Å². The van der Waals surface area contributed by atoms with Crippen LogP contribution in [0.15, 0.2) is 6.33 Å². The molecular formula is C15H26N4O. The number of hydrogen-bond acceptors (Lipinski definition) is 5. The van der Waals surface area contributed by atoms with Gasteiger partial charge in [-0.05, 0) is 38.0 Å². The summed E-state index contributed by atoms with van der Waals surface area (Å²) in [6.45, 7) is 5.26. The average Bonchev–Trinajstić information content (AvgIpc) is 2.44. The summed E-state index contributed by atoms with van der Waals surface area (Å²) in [7, 11) is 0. The van der Waals surface area contributed by atoms with Crippen LogP contribution in [-0.2, 0) is 0 Å². The Balaban J connectivity index is 1.95. The first-order valence-corrected chi connectivity index (χ1v) is 7.68. The summed E-state index contributed by atoms with van der Waals surface area (Å²) in [5.74, 6) is 1.87. The zero-order chi connectivity index (χ0) is 14.4. The third-order valence-corrected chi connectivity index (χ3v) is 3.69. The quantitative estimate of drug-likeness (QED) is 0.835. The number of nitrogens with two attached hydrogens (primary N) is 1. The highest BCUT2D eigenvalue weighted by molar-refractivity contribution is 5.66. The Morgan fingerprint density at radius 1 is 1.30 bits per heavy atom. The van der Waals surface area contributed by atoms with Crippen molar-refractivity contribution in [2.75, 3.05) is 17.6 Å². The molecule has 20 heavy (non-hydrogen) atoms. The maximum absolute atomic E-state index is 6.10. The first kappa shape index (κ1) is 14.9. The fourth-order valence-corrected chi connectivity index (χ4v) is 2.43. The van der Waals surface area contributed by atoms with Crippen LogP contribution in [0.25, 0.3) is 0 Å². The standard InChI is InChI=1S/C15H26N4O/c1-11(2)8-9-17-14-13(16)15(19-10-18-14)20-12-6-4-3-5-7-12/h10-12H,3-9,16H2,1-2H3,(H,17,18,19). The molecule has 0 amide bonds. The molecule has 2 rings (SSSR count). The number of ether oxygens (including phenoxy) is 1. The molecule has 1 aliphatic rings. The highest BCUT2D eigenvalue weighted by Gasteiger charge is 2.18. The van der Waals surface area contributed by atoms with Crippen LogP contribution in [0.2, 0.25) is 0 Å². The van der Waals surface area contributed by atoms with Gasteiger partial charge in [0.2, 0.25) is 5.88 Å². The van der Waals surface area contributed by atoms with Crippen LogP contribution in [0.3, 0.4) is 0 Å². The predicted molar refractivity (Wildman–Crippen MR) is 81.9 cm³/mol. The van der Waals surface area contributed by atoms with Crippen LogP contribution in [0, 0.1) is 5.92 Å². The maximum Gasteiger partial charge on any atom is 0.242 e. The molecule has 3 N–H and O–H groups in total. The van der Waals surface area contributed by atoms with Gasteiger partial charge in [-0.15, -0.1) is 0 Å². The highest BCUT2D eigenvalue weighted by Crippen LogP contribution is 2.29. The minimum absolute atomic E-state index is 0.254. The predicted octanol–water partition coefficient (Wildman–Crippen LogP) is 3.23. The largest absolute Gasteiger partial charge is 0.473 e. The Labute approximate surface area is 121 Å². The smallest absolute Gasteiger partial charge is 0.242 e. The number of nitrogens with zero attached hydrogens (tertiary/aromatic N) is 2. The molecule has 0 aliphatic heterocycles. The van der Waals surface area contributed by atoms with E-state index in [1.165, 1.54) is 25.6 Å². The molecule has 0 aromatic carbocycles. The van der Waals surface area contributed by atoms with Gasteiger partial charge in [0.25, 0.3) is 0 Å². The van der Waals surface area contributed by atoms with Crippen molar-refractivity contribution >= 4 is 11.5 Å². The first-order valence-electron chi connectivity index (χ1n) is 7.68. The van der Waals surface area contributed by atoms with Gasteiger partial charge in [-0.25, -0.2) is 4.98 Å². The molecule has 0 radical (unpaired) electrons. The van der Waals surface area contributed by atoms with Gasteiger partial charge in [0.1, 0.15) is 18.1 Å². The monoisotopic (exact) mass is 278 g/mol. The lowest BCUT2D eigenvalue weighted by Gasteiger charge is -2.23. The van der Waals surface area contributed by atoms with Crippen LogP contribution >= 0.6 is 0 Å². The van der Waals surface area contributed by atoms with Crippen molar-refractivity contribution in [3.05, 3.63) is 6.33 Å². The second kappa shape index (κ2) is 7.31. The molecule has 1 saturated carbocycles. The molecule has 1 fully saturated rings. The third kappa shape index (κ3) is 4.25. The zero-order valence-corrected chi connectivity index (χ0v) is 12.6. The van der Waals surface area contributed by atoms with E-state index < -0.39 is 0 Å². The summed E-state index contributed by atoms with van der Waals surface area (Å²) < 4.78 is 5.94. The minimum atomic E-state index is 0.254. The van der Waals surface area contributed by atoms with E-state index in [4.69, 9.17) is 10.5 Å². The van der Waals surface area contributed by atoms with Crippen LogP contribution < -0.4 is 15.8 Å². The van der Waals surface area contributed by atoms with E-state index in [9.17, 15) is 0 Å². The van der Waals surface area contributed by atoms with E-state index in [0.29, 0.717) is 23.3 Å².